The fourth-order valence-electron chi connectivity index (χ4n) is 4.19. The smallest absolute Gasteiger partial charge is 0.201 e. The van der Waals surface area contributed by atoms with E-state index in [2.05, 4.69) is 6.08 Å². The Balaban J connectivity index is 1.83. The van der Waals surface area contributed by atoms with Gasteiger partial charge in [0.15, 0.2) is 23.2 Å². The van der Waals surface area contributed by atoms with Gasteiger partial charge in [-0.3, -0.25) is 0 Å². The minimum atomic E-state index is -1.24. The quantitative estimate of drug-likeness (QED) is 0.326. The summed E-state index contributed by atoms with van der Waals surface area (Å²) in [6.07, 6.45) is 9.36. The van der Waals surface area contributed by atoms with Crippen LogP contribution in [0.5, 0.6) is 5.75 Å². The maximum absolute atomic E-state index is 14.9. The first-order chi connectivity index (χ1) is 14.5. The van der Waals surface area contributed by atoms with Crippen LogP contribution in [-0.4, -0.2) is 6.61 Å². The Morgan fingerprint density at radius 2 is 1.50 bits per heavy atom. The monoisotopic (exact) mass is 420 g/mol. The molecule has 0 N–H and O–H groups in total. The summed E-state index contributed by atoms with van der Waals surface area (Å²) in [6, 6.07) is 5.35. The van der Waals surface area contributed by atoms with Crippen LogP contribution in [-0.2, 0) is 0 Å². The topological polar surface area (TPSA) is 9.23 Å². The highest BCUT2D eigenvalue weighted by Crippen LogP contribution is 2.40. The lowest BCUT2D eigenvalue weighted by atomic mass is 9.77. The second kappa shape index (κ2) is 10.1. The van der Waals surface area contributed by atoms with Crippen LogP contribution in [0.15, 0.2) is 36.4 Å². The number of rotatable bonds is 7. The normalized spacial score (nSPS) is 19.4. The molecule has 1 aliphatic rings. The summed E-state index contributed by atoms with van der Waals surface area (Å²) < 4.78 is 63.7. The van der Waals surface area contributed by atoms with Gasteiger partial charge in [0.1, 0.15) is 0 Å². The average molecular weight is 420 g/mol. The van der Waals surface area contributed by atoms with Crippen LogP contribution in [0.2, 0.25) is 0 Å². The van der Waals surface area contributed by atoms with E-state index in [1.807, 2.05) is 19.9 Å². The molecule has 0 amide bonds. The van der Waals surface area contributed by atoms with Crippen LogP contribution in [0.1, 0.15) is 63.9 Å². The fraction of sp³-hybridized carbons (Fsp3) is 0.440. The van der Waals surface area contributed by atoms with Gasteiger partial charge in [0.05, 0.1) is 6.61 Å². The van der Waals surface area contributed by atoms with E-state index in [0.717, 1.165) is 32.1 Å². The first-order valence-corrected chi connectivity index (χ1v) is 10.7. The van der Waals surface area contributed by atoms with Crippen molar-refractivity contribution in [2.24, 2.45) is 5.92 Å². The highest BCUT2D eigenvalue weighted by molar-refractivity contribution is 5.66. The highest BCUT2D eigenvalue weighted by atomic mass is 19.2. The molecule has 5 heteroatoms. The van der Waals surface area contributed by atoms with E-state index in [0.29, 0.717) is 17.9 Å². The molecule has 0 atom stereocenters. The second-order valence-electron chi connectivity index (χ2n) is 7.94. The van der Waals surface area contributed by atoms with Gasteiger partial charge < -0.3 is 4.74 Å². The number of benzene rings is 2. The summed E-state index contributed by atoms with van der Waals surface area (Å²) in [5.74, 6) is -4.23. The van der Waals surface area contributed by atoms with E-state index >= 15 is 0 Å². The molecule has 0 saturated heterocycles. The Morgan fingerprint density at radius 1 is 0.867 bits per heavy atom. The third kappa shape index (κ3) is 4.71. The number of ether oxygens (including phenoxy) is 1. The fourth-order valence-corrected chi connectivity index (χ4v) is 4.19. The Labute approximate surface area is 175 Å². The van der Waals surface area contributed by atoms with Crippen molar-refractivity contribution in [2.75, 3.05) is 6.61 Å². The maximum Gasteiger partial charge on any atom is 0.201 e. The van der Waals surface area contributed by atoms with Gasteiger partial charge in [-0.05, 0) is 75.0 Å². The lowest BCUT2D eigenvalue weighted by Gasteiger charge is -2.28. The summed E-state index contributed by atoms with van der Waals surface area (Å²) in [6.45, 7) is 4.08. The van der Waals surface area contributed by atoms with E-state index in [9.17, 15) is 17.6 Å². The van der Waals surface area contributed by atoms with Gasteiger partial charge in [0.2, 0.25) is 5.82 Å². The molecule has 30 heavy (non-hydrogen) atoms. The molecule has 1 aliphatic carbocycles. The van der Waals surface area contributed by atoms with Crippen molar-refractivity contribution in [3.63, 3.8) is 0 Å². The molecule has 2 aromatic carbocycles. The van der Waals surface area contributed by atoms with Gasteiger partial charge in [0, 0.05) is 11.1 Å². The van der Waals surface area contributed by atoms with Crippen molar-refractivity contribution in [1.29, 1.82) is 0 Å². The Kier molecular flexibility index (Phi) is 7.57. The molecule has 1 fully saturated rings. The van der Waals surface area contributed by atoms with Gasteiger partial charge in [-0.25, -0.2) is 13.2 Å². The van der Waals surface area contributed by atoms with Gasteiger partial charge in [-0.2, -0.15) is 4.39 Å². The molecule has 0 heterocycles. The van der Waals surface area contributed by atoms with Crippen molar-refractivity contribution < 1.29 is 22.3 Å². The molecule has 0 radical (unpaired) electrons. The SMILES string of the molecule is C/C=C\CC1CCC(c2ccc(-c3ccc(OCCC)c(F)c3F)c(F)c2F)CC1. The summed E-state index contributed by atoms with van der Waals surface area (Å²) >= 11 is 0. The van der Waals surface area contributed by atoms with E-state index in [1.165, 1.54) is 24.3 Å². The van der Waals surface area contributed by atoms with E-state index in [1.54, 1.807) is 0 Å². The lowest BCUT2D eigenvalue weighted by Crippen LogP contribution is -2.14. The van der Waals surface area contributed by atoms with Crippen LogP contribution in [0.4, 0.5) is 17.6 Å². The predicted molar refractivity (Wildman–Crippen MR) is 112 cm³/mol. The standard InChI is InChI=1S/C25H28F4O/c1-3-5-6-16-7-9-17(10-8-16)18-11-12-19(23(27)22(18)26)20-13-14-21(30-15-4-2)25(29)24(20)28/h3,5,11-14,16-17H,4,6-10,15H2,1-2H3/b5-3-. The largest absolute Gasteiger partial charge is 0.490 e. The molecule has 0 bridgehead atoms. The van der Waals surface area contributed by atoms with E-state index in [-0.39, 0.29) is 29.4 Å². The second-order valence-corrected chi connectivity index (χ2v) is 7.94. The zero-order valence-corrected chi connectivity index (χ0v) is 17.5. The van der Waals surface area contributed by atoms with Crippen LogP contribution in [0.3, 0.4) is 0 Å². The van der Waals surface area contributed by atoms with Crippen LogP contribution in [0.25, 0.3) is 11.1 Å². The molecule has 0 spiro atoms. The van der Waals surface area contributed by atoms with Crippen molar-refractivity contribution in [3.05, 3.63) is 65.2 Å². The Hall–Kier alpha value is -2.30. The molecule has 3 rings (SSSR count). The molecule has 1 saturated carbocycles. The third-order valence-electron chi connectivity index (χ3n) is 5.90. The minimum absolute atomic E-state index is 0.0539. The molecular formula is C25H28F4O. The van der Waals surface area contributed by atoms with Crippen LogP contribution >= 0.6 is 0 Å². The highest BCUT2D eigenvalue weighted by Gasteiger charge is 2.27. The van der Waals surface area contributed by atoms with E-state index in [4.69, 9.17) is 4.74 Å². The summed E-state index contributed by atoms with van der Waals surface area (Å²) in [4.78, 5) is 0. The van der Waals surface area contributed by atoms with Gasteiger partial charge in [-0.1, -0.05) is 31.2 Å². The number of allylic oxidation sites excluding steroid dienone is 2. The molecule has 162 valence electrons. The summed E-state index contributed by atoms with van der Waals surface area (Å²) in [5.41, 5.74) is -0.268. The maximum atomic E-state index is 14.9. The third-order valence-corrected chi connectivity index (χ3v) is 5.90. The van der Waals surface area contributed by atoms with Crippen LogP contribution < -0.4 is 4.74 Å². The molecule has 1 nitrogen and oxygen atoms in total. The lowest BCUT2D eigenvalue weighted by molar-refractivity contribution is 0.295. The van der Waals surface area contributed by atoms with Gasteiger partial charge in [0.25, 0.3) is 0 Å². The first kappa shape index (κ1) is 22.4. The molecule has 2 aromatic rings. The van der Waals surface area contributed by atoms with Gasteiger partial charge in [-0.15, -0.1) is 0 Å². The molecular weight excluding hydrogens is 392 g/mol. The number of hydrogen-bond acceptors (Lipinski definition) is 1. The molecule has 0 unspecified atom stereocenters. The molecule has 0 aromatic heterocycles. The first-order valence-electron chi connectivity index (χ1n) is 10.7. The van der Waals surface area contributed by atoms with Crippen molar-refractivity contribution in [2.45, 2.75) is 58.3 Å². The Bertz CT molecular complexity index is 899. The number of halogens is 4. The van der Waals surface area contributed by atoms with Crippen molar-refractivity contribution in [1.82, 2.24) is 0 Å². The zero-order chi connectivity index (χ0) is 21.7. The van der Waals surface area contributed by atoms with Crippen molar-refractivity contribution in [3.8, 4) is 16.9 Å². The summed E-state index contributed by atoms with van der Waals surface area (Å²) in [7, 11) is 0. The Morgan fingerprint density at radius 3 is 2.13 bits per heavy atom. The molecule has 0 aliphatic heterocycles. The van der Waals surface area contributed by atoms with E-state index < -0.39 is 23.3 Å². The predicted octanol–water partition coefficient (Wildman–Crippen LogP) is 7.94. The number of hydrogen-bond donors (Lipinski definition) is 0. The zero-order valence-electron chi connectivity index (χ0n) is 17.5. The van der Waals surface area contributed by atoms with Crippen LogP contribution in [0, 0.1) is 29.2 Å². The average Bonchev–Trinajstić information content (AvgIpc) is 2.76. The summed E-state index contributed by atoms with van der Waals surface area (Å²) in [5, 5.41) is 0. The minimum Gasteiger partial charge on any atom is -0.490 e. The van der Waals surface area contributed by atoms with Crippen molar-refractivity contribution >= 4 is 0 Å². The van der Waals surface area contributed by atoms with Gasteiger partial charge >= 0.3 is 0 Å².